The van der Waals surface area contributed by atoms with E-state index in [0.717, 1.165) is 11.1 Å². The first-order chi connectivity index (χ1) is 12.5. The topological polar surface area (TPSA) is 79.5 Å². The number of rotatable bonds is 7. The third kappa shape index (κ3) is 6.38. The zero-order valence-corrected chi connectivity index (χ0v) is 15.5. The number of hydrogen-bond donors (Lipinski definition) is 3. The first-order valence-corrected chi connectivity index (χ1v) is 8.53. The standard InChI is InChI=1S/C19H22ClN3O3/c1-13(15-6-4-7-16(20)10-15)22-19(25)21-11-14-5-3-8-17(9-14)23-18(24)12-26-2/h3-10,13H,11-12H2,1-2H3,(H,23,24)(H2,21,22,25). The summed E-state index contributed by atoms with van der Waals surface area (Å²) in [4.78, 5) is 23.6. The first kappa shape index (κ1) is 19.8. The van der Waals surface area contributed by atoms with Crippen molar-refractivity contribution in [2.24, 2.45) is 0 Å². The summed E-state index contributed by atoms with van der Waals surface area (Å²) < 4.78 is 4.78. The van der Waals surface area contributed by atoms with Crippen LogP contribution in [0.25, 0.3) is 0 Å². The second-order valence-corrected chi connectivity index (χ2v) is 6.22. The molecular formula is C19H22ClN3O3. The summed E-state index contributed by atoms with van der Waals surface area (Å²) in [7, 11) is 1.46. The molecule has 7 heteroatoms. The minimum Gasteiger partial charge on any atom is -0.375 e. The number of urea groups is 1. The molecule has 0 aliphatic rings. The van der Waals surface area contributed by atoms with E-state index in [4.69, 9.17) is 16.3 Å². The molecule has 2 rings (SSSR count). The smallest absolute Gasteiger partial charge is 0.315 e. The Hall–Kier alpha value is -2.57. The largest absolute Gasteiger partial charge is 0.375 e. The van der Waals surface area contributed by atoms with Gasteiger partial charge in [0.05, 0.1) is 6.04 Å². The Bertz CT molecular complexity index is 767. The number of ether oxygens (including phenoxy) is 1. The van der Waals surface area contributed by atoms with Crippen molar-refractivity contribution in [3.63, 3.8) is 0 Å². The fourth-order valence-electron chi connectivity index (χ4n) is 2.38. The molecule has 2 aromatic rings. The van der Waals surface area contributed by atoms with Crippen LogP contribution in [0.5, 0.6) is 0 Å². The summed E-state index contributed by atoms with van der Waals surface area (Å²) in [5.41, 5.74) is 2.44. The van der Waals surface area contributed by atoms with Gasteiger partial charge in [-0.2, -0.15) is 0 Å². The van der Waals surface area contributed by atoms with E-state index in [0.29, 0.717) is 17.3 Å². The summed E-state index contributed by atoms with van der Waals surface area (Å²) >= 11 is 5.97. The van der Waals surface area contributed by atoms with Gasteiger partial charge in [-0.15, -0.1) is 0 Å². The summed E-state index contributed by atoms with van der Waals surface area (Å²) in [5.74, 6) is -0.231. The van der Waals surface area contributed by atoms with Crippen molar-refractivity contribution in [3.05, 3.63) is 64.7 Å². The Morgan fingerprint density at radius 3 is 2.65 bits per heavy atom. The molecule has 3 N–H and O–H groups in total. The lowest BCUT2D eigenvalue weighted by atomic mass is 10.1. The van der Waals surface area contributed by atoms with Crippen LogP contribution >= 0.6 is 11.6 Å². The number of halogens is 1. The van der Waals surface area contributed by atoms with Gasteiger partial charge in [-0.1, -0.05) is 35.9 Å². The number of methoxy groups -OCH3 is 1. The lowest BCUT2D eigenvalue weighted by Gasteiger charge is -2.15. The predicted octanol–water partition coefficient (Wildman–Crippen LogP) is 3.49. The fourth-order valence-corrected chi connectivity index (χ4v) is 2.58. The van der Waals surface area contributed by atoms with Crippen LogP contribution in [0, 0.1) is 0 Å². The van der Waals surface area contributed by atoms with Gasteiger partial charge in [-0.25, -0.2) is 4.79 Å². The fraction of sp³-hybridized carbons (Fsp3) is 0.263. The quantitative estimate of drug-likeness (QED) is 0.693. The molecule has 0 saturated carbocycles. The number of nitrogens with one attached hydrogen (secondary N) is 3. The zero-order chi connectivity index (χ0) is 18.9. The van der Waals surface area contributed by atoms with E-state index in [9.17, 15) is 9.59 Å². The molecule has 0 spiro atoms. The Kier molecular flexibility index (Phi) is 7.44. The van der Waals surface area contributed by atoms with Gasteiger partial charge in [0.25, 0.3) is 0 Å². The van der Waals surface area contributed by atoms with Gasteiger partial charge < -0.3 is 20.7 Å². The van der Waals surface area contributed by atoms with Gasteiger partial charge in [0.2, 0.25) is 5.91 Å². The maximum Gasteiger partial charge on any atom is 0.315 e. The van der Waals surface area contributed by atoms with Gasteiger partial charge in [0, 0.05) is 24.4 Å². The highest BCUT2D eigenvalue weighted by molar-refractivity contribution is 6.30. The van der Waals surface area contributed by atoms with Crippen LogP contribution in [0.15, 0.2) is 48.5 Å². The van der Waals surface area contributed by atoms with E-state index in [1.54, 1.807) is 18.2 Å². The van der Waals surface area contributed by atoms with Crippen LogP contribution in [-0.4, -0.2) is 25.7 Å². The third-order valence-electron chi connectivity index (χ3n) is 3.64. The molecule has 0 aliphatic carbocycles. The van der Waals surface area contributed by atoms with Gasteiger partial charge in [-0.05, 0) is 42.3 Å². The lowest BCUT2D eigenvalue weighted by Crippen LogP contribution is -2.36. The second-order valence-electron chi connectivity index (χ2n) is 5.79. The van der Waals surface area contributed by atoms with Gasteiger partial charge in [0.1, 0.15) is 6.61 Å². The number of anilines is 1. The monoisotopic (exact) mass is 375 g/mol. The second kappa shape index (κ2) is 9.79. The van der Waals surface area contributed by atoms with Crippen LogP contribution in [0.1, 0.15) is 24.1 Å². The van der Waals surface area contributed by atoms with Crippen molar-refractivity contribution >= 4 is 29.2 Å². The highest BCUT2D eigenvalue weighted by atomic mass is 35.5. The summed E-state index contributed by atoms with van der Waals surface area (Å²) in [6.07, 6.45) is 0. The van der Waals surface area contributed by atoms with E-state index < -0.39 is 0 Å². The van der Waals surface area contributed by atoms with Crippen LogP contribution in [0.2, 0.25) is 5.02 Å². The maximum atomic E-state index is 12.1. The molecule has 0 aromatic heterocycles. The molecule has 1 unspecified atom stereocenters. The molecule has 26 heavy (non-hydrogen) atoms. The molecule has 0 heterocycles. The third-order valence-corrected chi connectivity index (χ3v) is 3.87. The van der Waals surface area contributed by atoms with Gasteiger partial charge >= 0.3 is 6.03 Å². The van der Waals surface area contributed by atoms with Crippen molar-refractivity contribution < 1.29 is 14.3 Å². The molecule has 6 nitrogen and oxygen atoms in total. The van der Waals surface area contributed by atoms with Crippen LogP contribution in [0.3, 0.4) is 0 Å². The molecule has 0 fully saturated rings. The molecule has 1 atom stereocenters. The van der Waals surface area contributed by atoms with Crippen molar-refractivity contribution in [3.8, 4) is 0 Å². The highest BCUT2D eigenvalue weighted by Gasteiger charge is 2.10. The maximum absolute atomic E-state index is 12.1. The highest BCUT2D eigenvalue weighted by Crippen LogP contribution is 2.17. The number of carbonyl (C=O) groups is 2. The molecule has 0 saturated heterocycles. The summed E-state index contributed by atoms with van der Waals surface area (Å²) in [5, 5.41) is 9.02. The minimum atomic E-state index is -0.286. The predicted molar refractivity (Wildman–Crippen MR) is 102 cm³/mol. The van der Waals surface area contributed by atoms with Crippen molar-refractivity contribution in [1.29, 1.82) is 0 Å². The van der Waals surface area contributed by atoms with Crippen molar-refractivity contribution in [2.45, 2.75) is 19.5 Å². The SMILES string of the molecule is COCC(=O)Nc1cccc(CNC(=O)NC(C)c2cccc(Cl)c2)c1. The molecule has 3 amide bonds. The average Bonchev–Trinajstić information content (AvgIpc) is 2.60. The Morgan fingerprint density at radius 2 is 1.92 bits per heavy atom. The van der Waals surface area contributed by atoms with E-state index in [-0.39, 0.29) is 24.6 Å². The summed E-state index contributed by atoms with van der Waals surface area (Å²) in [6.45, 7) is 2.21. The molecule has 138 valence electrons. The number of benzene rings is 2. The molecule has 0 radical (unpaired) electrons. The Labute approximate surface area is 157 Å². The van der Waals surface area contributed by atoms with E-state index in [2.05, 4.69) is 16.0 Å². The van der Waals surface area contributed by atoms with Gasteiger partial charge in [-0.3, -0.25) is 4.79 Å². The van der Waals surface area contributed by atoms with Crippen LogP contribution in [-0.2, 0) is 16.1 Å². The summed E-state index contributed by atoms with van der Waals surface area (Å²) in [6, 6.07) is 14.2. The Morgan fingerprint density at radius 1 is 1.15 bits per heavy atom. The molecule has 0 aliphatic heterocycles. The number of carbonyl (C=O) groups excluding carboxylic acids is 2. The van der Waals surface area contributed by atoms with E-state index in [1.165, 1.54) is 7.11 Å². The van der Waals surface area contributed by atoms with Crippen molar-refractivity contribution in [2.75, 3.05) is 19.0 Å². The average molecular weight is 376 g/mol. The number of amides is 3. The first-order valence-electron chi connectivity index (χ1n) is 8.15. The normalized spacial score (nSPS) is 11.5. The lowest BCUT2D eigenvalue weighted by molar-refractivity contribution is -0.119. The zero-order valence-electron chi connectivity index (χ0n) is 14.7. The van der Waals surface area contributed by atoms with Crippen LogP contribution in [0.4, 0.5) is 10.5 Å². The van der Waals surface area contributed by atoms with Crippen LogP contribution < -0.4 is 16.0 Å². The van der Waals surface area contributed by atoms with Crippen molar-refractivity contribution in [1.82, 2.24) is 10.6 Å². The van der Waals surface area contributed by atoms with E-state index >= 15 is 0 Å². The number of hydrogen-bond acceptors (Lipinski definition) is 3. The molecule has 0 bridgehead atoms. The Balaban J connectivity index is 1.86. The van der Waals surface area contributed by atoms with E-state index in [1.807, 2.05) is 37.3 Å². The molecule has 2 aromatic carbocycles. The molecular weight excluding hydrogens is 354 g/mol. The minimum absolute atomic E-state index is 0.00766. The van der Waals surface area contributed by atoms with Gasteiger partial charge in [0.15, 0.2) is 0 Å².